The minimum atomic E-state index is -1.03. The molecule has 6 nitrogen and oxygen atoms in total. The number of carbonyl (C=O) groups excluding carboxylic acids is 1. The highest BCUT2D eigenvalue weighted by molar-refractivity contribution is 5.82. The molecule has 2 unspecified atom stereocenters. The predicted octanol–water partition coefficient (Wildman–Crippen LogP) is 2.05. The van der Waals surface area contributed by atoms with Gasteiger partial charge in [-0.2, -0.15) is 0 Å². The van der Waals surface area contributed by atoms with Crippen LogP contribution in [0.3, 0.4) is 0 Å². The fourth-order valence-corrected chi connectivity index (χ4v) is 2.86. The molecule has 1 heterocycles. The van der Waals surface area contributed by atoms with Gasteiger partial charge in [-0.15, -0.1) is 0 Å². The summed E-state index contributed by atoms with van der Waals surface area (Å²) in [7, 11) is 0. The number of hydrogen-bond donors (Lipinski definition) is 3. The van der Waals surface area contributed by atoms with Gasteiger partial charge in [0.2, 0.25) is 5.91 Å². The monoisotopic (exact) mass is 369 g/mol. The Morgan fingerprint density at radius 3 is 2.46 bits per heavy atom. The van der Waals surface area contributed by atoms with Crippen LogP contribution in [0, 0.1) is 17.0 Å². The Labute approximate surface area is 151 Å². The molecule has 0 aliphatic carbocycles. The van der Waals surface area contributed by atoms with Crippen molar-refractivity contribution in [2.45, 2.75) is 52.2 Å². The highest BCUT2D eigenvalue weighted by atomic mass is 19.2. The van der Waals surface area contributed by atoms with E-state index >= 15 is 0 Å². The summed E-state index contributed by atoms with van der Waals surface area (Å²) in [6, 6.07) is 2.99. The molecule has 26 heavy (non-hydrogen) atoms. The summed E-state index contributed by atoms with van der Waals surface area (Å²) in [5, 5.41) is 8.93. The first-order chi connectivity index (χ1) is 12.1. The first-order valence-corrected chi connectivity index (χ1v) is 8.53. The third kappa shape index (κ3) is 5.22. The third-order valence-electron chi connectivity index (χ3n) is 4.51. The second-order valence-corrected chi connectivity index (χ2v) is 7.65. The Balaban J connectivity index is 2.11. The van der Waals surface area contributed by atoms with Crippen LogP contribution in [0.15, 0.2) is 18.2 Å². The predicted molar refractivity (Wildman–Crippen MR) is 91.9 cm³/mol. The van der Waals surface area contributed by atoms with E-state index in [1.54, 1.807) is 0 Å². The first-order valence-electron chi connectivity index (χ1n) is 8.53. The molecule has 1 fully saturated rings. The second kappa shape index (κ2) is 8.09. The highest BCUT2D eigenvalue weighted by Gasteiger charge is 2.37. The molecular formula is C18H25F2N3O3. The lowest BCUT2D eigenvalue weighted by atomic mass is 9.84. The number of nitrogens with zero attached hydrogens (tertiary/aromatic N) is 1. The standard InChI is InChI=1S/C18H25F2N3O3/c1-18(2,3)15-9-14(21-22-15)17(26)23(7-6-16(24)25)10-11-4-5-12(19)13(20)8-11/h4-5,8,14-15,21-22H,6-7,9-10H2,1-3H3,(H,24,25). The van der Waals surface area contributed by atoms with Crippen molar-refractivity contribution in [2.24, 2.45) is 5.41 Å². The molecule has 144 valence electrons. The van der Waals surface area contributed by atoms with E-state index in [9.17, 15) is 18.4 Å². The zero-order chi connectivity index (χ0) is 19.5. The summed E-state index contributed by atoms with van der Waals surface area (Å²) in [5.74, 6) is -3.26. The van der Waals surface area contributed by atoms with Crippen molar-refractivity contribution >= 4 is 11.9 Å². The second-order valence-electron chi connectivity index (χ2n) is 7.65. The Morgan fingerprint density at radius 1 is 1.23 bits per heavy atom. The molecule has 3 N–H and O–H groups in total. The molecular weight excluding hydrogens is 344 g/mol. The number of amides is 1. The maximum absolute atomic E-state index is 13.4. The summed E-state index contributed by atoms with van der Waals surface area (Å²) in [4.78, 5) is 25.1. The Bertz CT molecular complexity index is 676. The van der Waals surface area contributed by atoms with Crippen LogP contribution in [0.5, 0.6) is 0 Å². The number of halogens is 2. The van der Waals surface area contributed by atoms with E-state index in [1.165, 1.54) is 11.0 Å². The van der Waals surface area contributed by atoms with Crippen molar-refractivity contribution in [3.8, 4) is 0 Å². The Hall–Kier alpha value is -2.06. The smallest absolute Gasteiger partial charge is 0.305 e. The van der Waals surface area contributed by atoms with Crippen LogP contribution >= 0.6 is 0 Å². The molecule has 1 aromatic carbocycles. The number of aliphatic carboxylic acids is 1. The van der Waals surface area contributed by atoms with E-state index in [1.807, 2.05) is 0 Å². The van der Waals surface area contributed by atoms with E-state index in [4.69, 9.17) is 5.11 Å². The molecule has 0 radical (unpaired) electrons. The van der Waals surface area contributed by atoms with Crippen molar-refractivity contribution in [1.29, 1.82) is 0 Å². The minimum Gasteiger partial charge on any atom is -0.481 e. The summed E-state index contributed by atoms with van der Waals surface area (Å²) >= 11 is 0. The SMILES string of the molecule is CC(C)(C)C1CC(C(=O)N(CCC(=O)O)Cc2ccc(F)c(F)c2)NN1. The number of carbonyl (C=O) groups is 2. The average molecular weight is 369 g/mol. The van der Waals surface area contributed by atoms with Crippen LogP contribution in [-0.2, 0) is 16.1 Å². The molecule has 2 rings (SSSR count). The summed E-state index contributed by atoms with van der Waals surface area (Å²) in [6.45, 7) is 6.18. The van der Waals surface area contributed by atoms with Gasteiger partial charge in [-0.1, -0.05) is 26.8 Å². The van der Waals surface area contributed by atoms with Gasteiger partial charge >= 0.3 is 5.97 Å². The molecule has 0 spiro atoms. The number of hydrogen-bond acceptors (Lipinski definition) is 4. The summed E-state index contributed by atoms with van der Waals surface area (Å²) in [5.41, 5.74) is 6.43. The van der Waals surface area contributed by atoms with E-state index in [0.717, 1.165) is 12.1 Å². The molecule has 0 bridgehead atoms. The third-order valence-corrected chi connectivity index (χ3v) is 4.51. The largest absolute Gasteiger partial charge is 0.481 e. The van der Waals surface area contributed by atoms with E-state index in [2.05, 4.69) is 31.6 Å². The van der Waals surface area contributed by atoms with Crippen molar-refractivity contribution in [2.75, 3.05) is 6.54 Å². The lowest BCUT2D eigenvalue weighted by Crippen LogP contribution is -2.46. The van der Waals surface area contributed by atoms with E-state index in [0.29, 0.717) is 12.0 Å². The number of carboxylic acid groups (broad SMARTS) is 1. The number of carboxylic acids is 1. The number of rotatable bonds is 6. The van der Waals surface area contributed by atoms with Gasteiger partial charge in [0.1, 0.15) is 6.04 Å². The number of nitrogens with one attached hydrogen (secondary N) is 2. The van der Waals surface area contributed by atoms with Gasteiger partial charge in [0.05, 0.1) is 6.42 Å². The van der Waals surface area contributed by atoms with Gasteiger partial charge < -0.3 is 10.0 Å². The van der Waals surface area contributed by atoms with Gasteiger partial charge in [-0.25, -0.2) is 14.2 Å². The zero-order valence-electron chi connectivity index (χ0n) is 15.2. The lowest BCUT2D eigenvalue weighted by molar-refractivity contribution is -0.139. The lowest BCUT2D eigenvalue weighted by Gasteiger charge is -2.27. The molecule has 1 aliphatic heterocycles. The van der Waals surface area contributed by atoms with Crippen LogP contribution in [-0.4, -0.2) is 40.5 Å². The molecule has 8 heteroatoms. The number of hydrazine groups is 1. The zero-order valence-corrected chi connectivity index (χ0v) is 15.2. The Morgan fingerprint density at radius 2 is 1.92 bits per heavy atom. The molecule has 0 saturated carbocycles. The maximum Gasteiger partial charge on any atom is 0.305 e. The summed E-state index contributed by atoms with van der Waals surface area (Å²) in [6.07, 6.45) is 0.335. The quantitative estimate of drug-likeness (QED) is 0.715. The molecule has 0 aromatic heterocycles. The fourth-order valence-electron chi connectivity index (χ4n) is 2.86. The fraction of sp³-hybridized carbons (Fsp3) is 0.556. The molecule has 1 saturated heterocycles. The van der Waals surface area contributed by atoms with Gasteiger partial charge in [-0.3, -0.25) is 15.0 Å². The van der Waals surface area contributed by atoms with Crippen molar-refractivity contribution in [3.05, 3.63) is 35.4 Å². The average Bonchev–Trinajstić information content (AvgIpc) is 3.04. The first kappa shape index (κ1) is 20.3. The normalized spacial score (nSPS) is 20.2. The van der Waals surface area contributed by atoms with Crippen molar-refractivity contribution < 1.29 is 23.5 Å². The van der Waals surface area contributed by atoms with E-state index < -0.39 is 23.6 Å². The van der Waals surface area contributed by atoms with Crippen LogP contribution in [0.4, 0.5) is 8.78 Å². The molecule has 2 atom stereocenters. The maximum atomic E-state index is 13.4. The molecule has 1 aromatic rings. The molecule has 1 amide bonds. The van der Waals surface area contributed by atoms with Crippen LogP contribution in [0.2, 0.25) is 0 Å². The van der Waals surface area contributed by atoms with Gasteiger partial charge in [-0.05, 0) is 29.5 Å². The topological polar surface area (TPSA) is 81.7 Å². The van der Waals surface area contributed by atoms with Crippen LogP contribution < -0.4 is 10.9 Å². The van der Waals surface area contributed by atoms with Gasteiger partial charge in [0.15, 0.2) is 11.6 Å². The minimum absolute atomic E-state index is 0.00841. The van der Waals surface area contributed by atoms with Crippen LogP contribution in [0.1, 0.15) is 39.2 Å². The van der Waals surface area contributed by atoms with Gasteiger partial charge in [0, 0.05) is 19.1 Å². The van der Waals surface area contributed by atoms with Crippen molar-refractivity contribution in [3.63, 3.8) is 0 Å². The highest BCUT2D eigenvalue weighted by Crippen LogP contribution is 2.26. The summed E-state index contributed by atoms with van der Waals surface area (Å²) < 4.78 is 26.5. The van der Waals surface area contributed by atoms with E-state index in [-0.39, 0.29) is 36.9 Å². The van der Waals surface area contributed by atoms with Crippen LogP contribution in [0.25, 0.3) is 0 Å². The Kier molecular flexibility index (Phi) is 6.30. The van der Waals surface area contributed by atoms with Crippen molar-refractivity contribution in [1.82, 2.24) is 15.8 Å². The van der Waals surface area contributed by atoms with Gasteiger partial charge in [0.25, 0.3) is 0 Å². The molecule has 1 aliphatic rings. The number of benzene rings is 1.